The van der Waals surface area contributed by atoms with Crippen LogP contribution in [0.3, 0.4) is 0 Å². The zero-order valence-corrected chi connectivity index (χ0v) is 14.6. The molecule has 26 heavy (non-hydrogen) atoms. The number of nitrogens with zero attached hydrogens (tertiary/aromatic N) is 4. The van der Waals surface area contributed by atoms with Crippen LogP contribution in [0.5, 0.6) is 0 Å². The molecule has 4 rings (SSSR count). The van der Waals surface area contributed by atoms with E-state index >= 15 is 0 Å². The predicted octanol–water partition coefficient (Wildman–Crippen LogP) is 4.41. The highest BCUT2D eigenvalue weighted by Gasteiger charge is 2.17. The van der Waals surface area contributed by atoms with Crippen molar-refractivity contribution >= 4 is 11.8 Å². The number of furan rings is 1. The SMILES string of the molecule is Fc1ccccc1CSc1nnc(-c2ccccn2)n1Cc1ccco1. The maximum atomic E-state index is 13.9. The third kappa shape index (κ3) is 3.52. The summed E-state index contributed by atoms with van der Waals surface area (Å²) in [6.07, 6.45) is 3.35. The lowest BCUT2D eigenvalue weighted by Crippen LogP contribution is -2.04. The third-order valence-electron chi connectivity index (χ3n) is 3.82. The summed E-state index contributed by atoms with van der Waals surface area (Å²) < 4.78 is 21.3. The van der Waals surface area contributed by atoms with Gasteiger partial charge in [-0.1, -0.05) is 36.0 Å². The molecule has 3 heterocycles. The molecule has 0 saturated carbocycles. The van der Waals surface area contributed by atoms with Crippen LogP contribution >= 0.6 is 11.8 Å². The average molecular weight is 366 g/mol. The number of hydrogen-bond donors (Lipinski definition) is 0. The molecule has 0 saturated heterocycles. The molecule has 0 radical (unpaired) electrons. The van der Waals surface area contributed by atoms with E-state index in [-0.39, 0.29) is 5.82 Å². The molecule has 0 aliphatic rings. The lowest BCUT2D eigenvalue weighted by Gasteiger charge is -2.08. The van der Waals surface area contributed by atoms with Crippen molar-refractivity contribution in [1.29, 1.82) is 0 Å². The number of rotatable bonds is 6. The lowest BCUT2D eigenvalue weighted by molar-refractivity contribution is 0.485. The van der Waals surface area contributed by atoms with Gasteiger partial charge in [-0.05, 0) is 35.9 Å². The Hall–Kier alpha value is -2.93. The fraction of sp³-hybridized carbons (Fsp3) is 0.105. The number of benzene rings is 1. The highest BCUT2D eigenvalue weighted by atomic mass is 32.2. The summed E-state index contributed by atoms with van der Waals surface area (Å²) in [5, 5.41) is 9.27. The van der Waals surface area contributed by atoms with Crippen molar-refractivity contribution in [3.05, 3.63) is 84.2 Å². The first kappa shape index (κ1) is 16.5. The summed E-state index contributed by atoms with van der Waals surface area (Å²) in [5.41, 5.74) is 1.36. The molecule has 0 aliphatic heterocycles. The Morgan fingerprint density at radius 1 is 1.00 bits per heavy atom. The number of hydrogen-bond acceptors (Lipinski definition) is 5. The molecule has 0 unspecified atom stereocenters. The van der Waals surface area contributed by atoms with E-state index in [4.69, 9.17) is 4.42 Å². The first-order valence-corrected chi connectivity index (χ1v) is 9.03. The Morgan fingerprint density at radius 2 is 1.88 bits per heavy atom. The Labute approximate surface area is 153 Å². The summed E-state index contributed by atoms with van der Waals surface area (Å²) in [4.78, 5) is 4.36. The summed E-state index contributed by atoms with van der Waals surface area (Å²) in [5.74, 6) is 1.68. The van der Waals surface area contributed by atoms with Gasteiger partial charge in [0.15, 0.2) is 11.0 Å². The molecule has 7 heteroatoms. The zero-order valence-electron chi connectivity index (χ0n) is 13.7. The standard InChI is InChI=1S/C19H15FN4OS/c20-16-8-2-1-6-14(16)13-26-19-23-22-18(17-9-3-4-10-21-17)24(19)12-15-7-5-11-25-15/h1-11H,12-13H2. The molecule has 0 atom stereocenters. The quantitative estimate of drug-likeness (QED) is 0.473. The van der Waals surface area contributed by atoms with Crippen LogP contribution in [-0.2, 0) is 12.3 Å². The predicted molar refractivity (Wildman–Crippen MR) is 97.0 cm³/mol. The van der Waals surface area contributed by atoms with Gasteiger partial charge in [0.1, 0.15) is 17.3 Å². The van der Waals surface area contributed by atoms with E-state index < -0.39 is 0 Å². The molecule has 0 bridgehead atoms. The molecular formula is C19H15FN4OS. The normalized spacial score (nSPS) is 11.0. The van der Waals surface area contributed by atoms with Crippen molar-refractivity contribution in [2.75, 3.05) is 0 Å². The number of halogens is 1. The molecule has 0 fully saturated rings. The molecule has 4 aromatic rings. The van der Waals surface area contributed by atoms with Gasteiger partial charge >= 0.3 is 0 Å². The minimum absolute atomic E-state index is 0.220. The van der Waals surface area contributed by atoms with E-state index in [1.807, 2.05) is 41.0 Å². The summed E-state index contributed by atoms with van der Waals surface area (Å²) in [6.45, 7) is 0.478. The van der Waals surface area contributed by atoms with E-state index in [0.29, 0.717) is 28.8 Å². The molecule has 0 spiro atoms. The Kier molecular flexibility index (Phi) is 4.79. The van der Waals surface area contributed by atoms with Crippen molar-refractivity contribution in [2.24, 2.45) is 0 Å². The molecule has 0 N–H and O–H groups in total. The second-order valence-corrected chi connectivity index (χ2v) is 6.51. The monoisotopic (exact) mass is 366 g/mol. The maximum Gasteiger partial charge on any atom is 0.192 e. The van der Waals surface area contributed by atoms with E-state index in [1.54, 1.807) is 24.6 Å². The molecule has 3 aromatic heterocycles. The van der Waals surface area contributed by atoms with Crippen LogP contribution in [0.25, 0.3) is 11.5 Å². The van der Waals surface area contributed by atoms with Crippen molar-refractivity contribution in [2.45, 2.75) is 17.5 Å². The van der Waals surface area contributed by atoms with Gasteiger partial charge in [0.2, 0.25) is 0 Å². The van der Waals surface area contributed by atoms with Crippen LogP contribution < -0.4 is 0 Å². The van der Waals surface area contributed by atoms with E-state index in [1.165, 1.54) is 17.8 Å². The van der Waals surface area contributed by atoms with Crippen LogP contribution in [0, 0.1) is 5.82 Å². The second-order valence-electron chi connectivity index (χ2n) is 5.57. The van der Waals surface area contributed by atoms with E-state index in [2.05, 4.69) is 15.2 Å². The van der Waals surface area contributed by atoms with Crippen molar-refractivity contribution in [1.82, 2.24) is 19.7 Å². The zero-order chi connectivity index (χ0) is 17.8. The summed E-state index contributed by atoms with van der Waals surface area (Å²) in [6, 6.07) is 16.1. The molecule has 1 aromatic carbocycles. The first-order chi connectivity index (χ1) is 12.8. The maximum absolute atomic E-state index is 13.9. The molecule has 5 nitrogen and oxygen atoms in total. The minimum Gasteiger partial charge on any atom is -0.467 e. The fourth-order valence-electron chi connectivity index (χ4n) is 2.54. The first-order valence-electron chi connectivity index (χ1n) is 8.04. The van der Waals surface area contributed by atoms with Gasteiger partial charge in [-0.15, -0.1) is 10.2 Å². The van der Waals surface area contributed by atoms with Gasteiger partial charge in [0.05, 0.1) is 12.8 Å². The van der Waals surface area contributed by atoms with Crippen LogP contribution in [0.4, 0.5) is 4.39 Å². The Balaban J connectivity index is 1.65. The van der Waals surface area contributed by atoms with Crippen molar-refractivity contribution in [3.63, 3.8) is 0 Å². The number of thioether (sulfide) groups is 1. The highest BCUT2D eigenvalue weighted by molar-refractivity contribution is 7.98. The van der Waals surface area contributed by atoms with Crippen LogP contribution in [0.1, 0.15) is 11.3 Å². The fourth-order valence-corrected chi connectivity index (χ4v) is 3.46. The van der Waals surface area contributed by atoms with Crippen molar-refractivity contribution in [3.8, 4) is 11.5 Å². The topological polar surface area (TPSA) is 56.7 Å². The van der Waals surface area contributed by atoms with E-state index in [0.717, 1.165) is 11.5 Å². The Bertz CT molecular complexity index is 986. The minimum atomic E-state index is -0.220. The molecule has 0 aliphatic carbocycles. The van der Waals surface area contributed by atoms with Crippen LogP contribution in [0.15, 0.2) is 76.6 Å². The molecular weight excluding hydrogens is 351 g/mol. The van der Waals surface area contributed by atoms with Gasteiger partial charge in [0, 0.05) is 11.9 Å². The summed E-state index contributed by atoms with van der Waals surface area (Å²) in [7, 11) is 0. The highest BCUT2D eigenvalue weighted by Crippen LogP contribution is 2.27. The third-order valence-corrected chi connectivity index (χ3v) is 4.84. The summed E-state index contributed by atoms with van der Waals surface area (Å²) >= 11 is 1.43. The van der Waals surface area contributed by atoms with Gasteiger partial charge in [0.25, 0.3) is 0 Å². The van der Waals surface area contributed by atoms with Crippen molar-refractivity contribution < 1.29 is 8.81 Å². The van der Waals surface area contributed by atoms with Gasteiger partial charge in [-0.25, -0.2) is 4.39 Å². The molecule has 0 amide bonds. The average Bonchev–Trinajstić information content (AvgIpc) is 3.32. The molecule has 130 valence electrons. The smallest absolute Gasteiger partial charge is 0.192 e. The number of pyridine rings is 1. The van der Waals surface area contributed by atoms with Crippen LogP contribution in [0.2, 0.25) is 0 Å². The lowest BCUT2D eigenvalue weighted by atomic mass is 10.2. The van der Waals surface area contributed by atoms with Crippen LogP contribution in [-0.4, -0.2) is 19.7 Å². The number of aromatic nitrogens is 4. The van der Waals surface area contributed by atoms with Gasteiger partial charge in [-0.3, -0.25) is 9.55 Å². The largest absolute Gasteiger partial charge is 0.467 e. The van der Waals surface area contributed by atoms with Gasteiger partial charge in [-0.2, -0.15) is 0 Å². The second kappa shape index (κ2) is 7.53. The Morgan fingerprint density at radius 3 is 2.65 bits per heavy atom. The van der Waals surface area contributed by atoms with E-state index in [9.17, 15) is 4.39 Å². The van der Waals surface area contributed by atoms with Gasteiger partial charge < -0.3 is 4.42 Å².